The van der Waals surface area contributed by atoms with Gasteiger partial charge in [0.15, 0.2) is 0 Å². The Balaban J connectivity index is 2.41. The number of hydrogen-bond acceptors (Lipinski definition) is 3. The maximum absolute atomic E-state index is 12.3. The molecule has 0 aliphatic rings. The summed E-state index contributed by atoms with van der Waals surface area (Å²) < 4.78 is 24.6. The summed E-state index contributed by atoms with van der Waals surface area (Å²) in [5.74, 6) is -0.288. The average Bonchev–Trinajstić information content (AvgIpc) is 2.35. The van der Waals surface area contributed by atoms with Gasteiger partial charge in [-0.25, -0.2) is 8.78 Å². The fourth-order valence-electron chi connectivity index (χ4n) is 1.68. The summed E-state index contributed by atoms with van der Waals surface area (Å²) in [7, 11) is 0. The molecule has 0 unspecified atom stereocenters. The minimum absolute atomic E-state index is 0.0687. The molecule has 112 valence electrons. The molecule has 1 amide bonds. The molecule has 20 heavy (non-hydrogen) atoms. The van der Waals surface area contributed by atoms with Gasteiger partial charge in [-0.3, -0.25) is 9.69 Å². The summed E-state index contributed by atoms with van der Waals surface area (Å²) in [6, 6.07) is 6.67. The zero-order valence-electron chi connectivity index (χ0n) is 10.9. The van der Waals surface area contributed by atoms with Crippen LogP contribution in [0.4, 0.5) is 14.5 Å². The van der Waals surface area contributed by atoms with Gasteiger partial charge < -0.3 is 10.4 Å². The van der Waals surface area contributed by atoms with Crippen molar-refractivity contribution in [2.45, 2.75) is 12.8 Å². The first-order valence-corrected chi connectivity index (χ1v) is 6.56. The van der Waals surface area contributed by atoms with Crippen LogP contribution in [0.25, 0.3) is 0 Å². The summed E-state index contributed by atoms with van der Waals surface area (Å²) in [6.45, 7) is -0.389. The molecule has 0 saturated carbocycles. The van der Waals surface area contributed by atoms with Gasteiger partial charge in [-0.1, -0.05) is 17.7 Å². The molecule has 0 fully saturated rings. The molecule has 4 nitrogen and oxygen atoms in total. The number of rotatable bonds is 8. The molecular formula is C13H17ClF2N2O2. The molecule has 1 rings (SSSR count). The van der Waals surface area contributed by atoms with E-state index in [1.807, 2.05) is 0 Å². The number of anilines is 1. The smallest absolute Gasteiger partial charge is 0.251 e. The third-order valence-corrected chi connectivity index (χ3v) is 2.81. The standard InChI is InChI=1S/C13H17ClF2N2O2/c14-10-2-1-3-11(8-10)17-13(20)4-5-18(6-7-19)9-12(15)16/h1-3,8,12,19H,4-7,9H2,(H,17,20). The van der Waals surface area contributed by atoms with Crippen molar-refractivity contribution in [3.8, 4) is 0 Å². The number of aliphatic hydroxyl groups excluding tert-OH is 1. The Morgan fingerprint density at radius 3 is 2.75 bits per heavy atom. The van der Waals surface area contributed by atoms with Crippen LogP contribution in [0.2, 0.25) is 5.02 Å². The average molecular weight is 307 g/mol. The van der Waals surface area contributed by atoms with Gasteiger partial charge in [0.25, 0.3) is 6.43 Å². The molecule has 0 aliphatic heterocycles. The molecule has 0 aromatic heterocycles. The van der Waals surface area contributed by atoms with E-state index in [1.165, 1.54) is 4.90 Å². The molecule has 0 radical (unpaired) electrons. The highest BCUT2D eigenvalue weighted by Gasteiger charge is 2.13. The van der Waals surface area contributed by atoms with Crippen molar-refractivity contribution in [1.29, 1.82) is 0 Å². The lowest BCUT2D eigenvalue weighted by Gasteiger charge is -2.20. The van der Waals surface area contributed by atoms with E-state index in [1.54, 1.807) is 24.3 Å². The van der Waals surface area contributed by atoms with Crippen LogP contribution >= 0.6 is 11.6 Å². The molecule has 0 aliphatic carbocycles. The predicted molar refractivity (Wildman–Crippen MR) is 74.2 cm³/mol. The predicted octanol–water partition coefficient (Wildman–Crippen LogP) is 2.23. The highest BCUT2D eigenvalue weighted by molar-refractivity contribution is 6.30. The van der Waals surface area contributed by atoms with Crippen molar-refractivity contribution >= 4 is 23.2 Å². The number of alkyl halides is 2. The third-order valence-electron chi connectivity index (χ3n) is 2.58. The number of nitrogens with one attached hydrogen (secondary N) is 1. The van der Waals surface area contributed by atoms with Gasteiger partial charge in [-0.05, 0) is 18.2 Å². The number of hydrogen-bond donors (Lipinski definition) is 2. The number of carbonyl (C=O) groups excluding carboxylic acids is 1. The molecule has 0 heterocycles. The van der Waals surface area contributed by atoms with Crippen molar-refractivity contribution in [1.82, 2.24) is 4.90 Å². The summed E-state index contributed by atoms with van der Waals surface area (Å²) in [5.41, 5.74) is 0.560. The van der Waals surface area contributed by atoms with E-state index in [-0.39, 0.29) is 32.0 Å². The van der Waals surface area contributed by atoms with E-state index in [0.29, 0.717) is 10.7 Å². The molecule has 7 heteroatoms. The van der Waals surface area contributed by atoms with Crippen molar-refractivity contribution in [2.24, 2.45) is 0 Å². The monoisotopic (exact) mass is 306 g/mol. The van der Waals surface area contributed by atoms with Crippen molar-refractivity contribution in [3.05, 3.63) is 29.3 Å². The maximum Gasteiger partial charge on any atom is 0.251 e. The Morgan fingerprint density at radius 2 is 2.15 bits per heavy atom. The number of carbonyl (C=O) groups is 1. The first-order chi connectivity index (χ1) is 9.51. The number of nitrogens with zero attached hydrogens (tertiary/aromatic N) is 1. The van der Waals surface area contributed by atoms with E-state index in [4.69, 9.17) is 16.7 Å². The highest BCUT2D eigenvalue weighted by atomic mass is 35.5. The lowest BCUT2D eigenvalue weighted by Crippen LogP contribution is -2.34. The normalized spacial score (nSPS) is 11.1. The van der Waals surface area contributed by atoms with Crippen LogP contribution in [0.3, 0.4) is 0 Å². The van der Waals surface area contributed by atoms with Crippen molar-refractivity contribution in [3.63, 3.8) is 0 Å². The second kappa shape index (κ2) is 8.84. The fourth-order valence-corrected chi connectivity index (χ4v) is 1.87. The minimum Gasteiger partial charge on any atom is -0.395 e. The number of amides is 1. The lowest BCUT2D eigenvalue weighted by molar-refractivity contribution is -0.116. The molecular weight excluding hydrogens is 290 g/mol. The van der Waals surface area contributed by atoms with Gasteiger partial charge in [0.1, 0.15) is 0 Å². The second-order valence-corrected chi connectivity index (χ2v) is 4.66. The Bertz CT molecular complexity index is 433. The van der Waals surface area contributed by atoms with E-state index in [0.717, 1.165) is 0 Å². The van der Waals surface area contributed by atoms with Crippen LogP contribution in [0.1, 0.15) is 6.42 Å². The van der Waals surface area contributed by atoms with Gasteiger partial charge in [-0.15, -0.1) is 0 Å². The Morgan fingerprint density at radius 1 is 1.40 bits per heavy atom. The summed E-state index contributed by atoms with van der Waals surface area (Å²) in [5, 5.41) is 11.9. The van der Waals surface area contributed by atoms with E-state index >= 15 is 0 Å². The molecule has 0 spiro atoms. The number of benzene rings is 1. The Kier molecular flexibility index (Phi) is 7.43. The lowest BCUT2D eigenvalue weighted by atomic mass is 10.3. The molecule has 1 aromatic carbocycles. The van der Waals surface area contributed by atoms with Crippen LogP contribution < -0.4 is 5.32 Å². The van der Waals surface area contributed by atoms with Gasteiger partial charge in [0, 0.05) is 30.2 Å². The largest absolute Gasteiger partial charge is 0.395 e. The zero-order valence-corrected chi connectivity index (χ0v) is 11.6. The molecule has 0 saturated heterocycles. The number of halogens is 3. The Labute approximate surface area is 121 Å². The van der Waals surface area contributed by atoms with Gasteiger partial charge in [-0.2, -0.15) is 0 Å². The van der Waals surface area contributed by atoms with Crippen LogP contribution in [-0.4, -0.2) is 48.6 Å². The Hall–Kier alpha value is -1.24. The summed E-state index contributed by atoms with van der Waals surface area (Å²) >= 11 is 5.78. The molecule has 0 bridgehead atoms. The topological polar surface area (TPSA) is 52.6 Å². The summed E-state index contributed by atoms with van der Waals surface area (Å²) in [6.07, 6.45) is -2.42. The third kappa shape index (κ3) is 6.79. The van der Waals surface area contributed by atoms with Crippen LogP contribution in [0.15, 0.2) is 24.3 Å². The van der Waals surface area contributed by atoms with Crippen LogP contribution in [0.5, 0.6) is 0 Å². The highest BCUT2D eigenvalue weighted by Crippen LogP contribution is 2.15. The van der Waals surface area contributed by atoms with E-state index in [2.05, 4.69) is 5.32 Å². The second-order valence-electron chi connectivity index (χ2n) is 4.22. The number of aliphatic hydroxyl groups is 1. The SMILES string of the molecule is O=C(CCN(CCO)CC(F)F)Nc1cccc(Cl)c1. The first kappa shape index (κ1) is 16.8. The summed E-state index contributed by atoms with van der Waals surface area (Å²) in [4.78, 5) is 13.0. The van der Waals surface area contributed by atoms with Crippen molar-refractivity contribution < 1.29 is 18.7 Å². The molecule has 2 N–H and O–H groups in total. The van der Waals surface area contributed by atoms with E-state index < -0.39 is 13.0 Å². The van der Waals surface area contributed by atoms with Gasteiger partial charge in [0.05, 0.1) is 13.2 Å². The fraction of sp³-hybridized carbons (Fsp3) is 0.462. The van der Waals surface area contributed by atoms with Crippen molar-refractivity contribution in [2.75, 3.05) is 31.6 Å². The first-order valence-electron chi connectivity index (χ1n) is 6.18. The van der Waals surface area contributed by atoms with Crippen LogP contribution in [0, 0.1) is 0 Å². The maximum atomic E-state index is 12.3. The quantitative estimate of drug-likeness (QED) is 0.774. The zero-order chi connectivity index (χ0) is 15.0. The van der Waals surface area contributed by atoms with Gasteiger partial charge in [0.2, 0.25) is 5.91 Å². The van der Waals surface area contributed by atoms with Gasteiger partial charge >= 0.3 is 0 Å². The molecule has 1 aromatic rings. The minimum atomic E-state index is -2.49. The molecule has 0 atom stereocenters. The van der Waals surface area contributed by atoms with Crippen LogP contribution in [-0.2, 0) is 4.79 Å². The van der Waals surface area contributed by atoms with E-state index in [9.17, 15) is 13.6 Å².